The smallest absolute Gasteiger partial charge is 0.307 e. The maximum absolute atomic E-state index is 11.9. The summed E-state index contributed by atoms with van der Waals surface area (Å²) in [5, 5.41) is 3.44. The zero-order chi connectivity index (χ0) is 19.6. The first kappa shape index (κ1) is 20.9. The van der Waals surface area contributed by atoms with E-state index in [9.17, 15) is 14.4 Å². The molecule has 1 N–H and O–H groups in total. The second kappa shape index (κ2) is 10.7. The quantitative estimate of drug-likeness (QED) is 0.499. The Balaban J connectivity index is 1.64. The molecule has 0 aromatic heterocycles. The second-order valence-electron chi connectivity index (χ2n) is 5.75. The van der Waals surface area contributed by atoms with Crippen molar-refractivity contribution >= 4 is 40.9 Å². The van der Waals surface area contributed by atoms with E-state index in [4.69, 9.17) is 27.9 Å². The molecule has 0 heterocycles. The van der Waals surface area contributed by atoms with Gasteiger partial charge in [-0.15, -0.1) is 0 Å². The molecule has 27 heavy (non-hydrogen) atoms. The number of benzene rings is 2. The van der Waals surface area contributed by atoms with Crippen molar-refractivity contribution in [2.24, 2.45) is 0 Å². The van der Waals surface area contributed by atoms with Gasteiger partial charge in [0.1, 0.15) is 6.61 Å². The summed E-state index contributed by atoms with van der Waals surface area (Å²) in [4.78, 5) is 35.5. The van der Waals surface area contributed by atoms with E-state index in [0.29, 0.717) is 21.2 Å². The van der Waals surface area contributed by atoms with Crippen LogP contribution in [-0.4, -0.2) is 24.2 Å². The largest absolute Gasteiger partial charge is 0.461 e. The van der Waals surface area contributed by atoms with Gasteiger partial charge in [-0.1, -0.05) is 59.6 Å². The van der Waals surface area contributed by atoms with Crippen LogP contribution in [0, 0.1) is 0 Å². The first-order chi connectivity index (χ1) is 13.0. The minimum absolute atomic E-state index is 0.0143. The summed E-state index contributed by atoms with van der Waals surface area (Å²) in [6, 6.07) is 13.8. The molecule has 2 rings (SSSR count). The van der Waals surface area contributed by atoms with Gasteiger partial charge in [-0.25, -0.2) is 0 Å². The Labute approximate surface area is 167 Å². The molecular formula is C20H19Cl2NO4. The Morgan fingerprint density at radius 2 is 1.52 bits per heavy atom. The third-order valence-electron chi connectivity index (χ3n) is 3.77. The predicted octanol–water partition coefficient (Wildman–Crippen LogP) is 4.21. The van der Waals surface area contributed by atoms with Crippen LogP contribution >= 0.6 is 23.2 Å². The van der Waals surface area contributed by atoms with Gasteiger partial charge in [0.15, 0.2) is 5.78 Å². The van der Waals surface area contributed by atoms with E-state index >= 15 is 0 Å². The molecule has 0 radical (unpaired) electrons. The lowest BCUT2D eigenvalue weighted by Crippen LogP contribution is -2.26. The average Bonchev–Trinajstić information content (AvgIpc) is 2.66. The van der Waals surface area contributed by atoms with E-state index in [0.717, 1.165) is 0 Å². The van der Waals surface area contributed by atoms with Crippen LogP contribution in [0.25, 0.3) is 0 Å². The van der Waals surface area contributed by atoms with Gasteiger partial charge in [0.25, 0.3) is 0 Å². The number of esters is 1. The van der Waals surface area contributed by atoms with E-state index in [2.05, 4.69) is 5.32 Å². The number of carbonyl (C=O) groups is 3. The van der Waals surface area contributed by atoms with Gasteiger partial charge in [0.2, 0.25) is 5.91 Å². The van der Waals surface area contributed by atoms with Crippen LogP contribution in [0.4, 0.5) is 0 Å². The molecule has 2 aromatic rings. The standard InChI is InChI=1S/C20H19Cl2NO4/c21-16-7-4-8-17(22)15(16)13-27-20(26)11-12-23-19(25)10-9-18(24)14-5-2-1-3-6-14/h1-8H,9-13H2,(H,23,25). The number of Topliss-reactive ketones (excluding diaryl/α,β-unsaturated/α-hetero) is 1. The van der Waals surface area contributed by atoms with Crippen LogP contribution in [0.2, 0.25) is 10.0 Å². The predicted molar refractivity (Wildman–Crippen MR) is 104 cm³/mol. The van der Waals surface area contributed by atoms with Crippen molar-refractivity contribution in [2.45, 2.75) is 25.9 Å². The maximum Gasteiger partial charge on any atom is 0.307 e. The van der Waals surface area contributed by atoms with Crippen molar-refractivity contribution in [3.05, 3.63) is 69.7 Å². The summed E-state index contributed by atoms with van der Waals surface area (Å²) < 4.78 is 5.11. The Hall–Kier alpha value is -2.37. The first-order valence-electron chi connectivity index (χ1n) is 8.41. The highest BCUT2D eigenvalue weighted by Gasteiger charge is 2.11. The zero-order valence-electron chi connectivity index (χ0n) is 14.5. The fourth-order valence-corrected chi connectivity index (χ4v) is 2.79. The topological polar surface area (TPSA) is 72.5 Å². The lowest BCUT2D eigenvalue weighted by Gasteiger charge is -2.09. The highest BCUT2D eigenvalue weighted by molar-refractivity contribution is 6.35. The average molecular weight is 408 g/mol. The number of amides is 1. The van der Waals surface area contributed by atoms with Gasteiger partial charge in [-0.3, -0.25) is 14.4 Å². The van der Waals surface area contributed by atoms with Crippen LogP contribution in [0.15, 0.2) is 48.5 Å². The molecule has 0 aliphatic carbocycles. The van der Waals surface area contributed by atoms with Gasteiger partial charge in [0.05, 0.1) is 6.42 Å². The Morgan fingerprint density at radius 1 is 0.852 bits per heavy atom. The fourth-order valence-electron chi connectivity index (χ4n) is 2.28. The van der Waals surface area contributed by atoms with Crippen molar-refractivity contribution in [1.29, 1.82) is 0 Å². The van der Waals surface area contributed by atoms with Gasteiger partial charge in [-0.2, -0.15) is 0 Å². The van der Waals surface area contributed by atoms with Crippen LogP contribution < -0.4 is 5.32 Å². The third kappa shape index (κ3) is 7.04. The summed E-state index contributed by atoms with van der Waals surface area (Å²) in [5.74, 6) is -0.866. The fraction of sp³-hybridized carbons (Fsp3) is 0.250. The maximum atomic E-state index is 11.9. The molecule has 0 saturated carbocycles. The van der Waals surface area contributed by atoms with Crippen LogP contribution in [0.1, 0.15) is 35.2 Å². The van der Waals surface area contributed by atoms with E-state index < -0.39 is 5.97 Å². The highest BCUT2D eigenvalue weighted by Crippen LogP contribution is 2.24. The van der Waals surface area contributed by atoms with Crippen molar-refractivity contribution < 1.29 is 19.1 Å². The van der Waals surface area contributed by atoms with Crippen LogP contribution in [0.3, 0.4) is 0 Å². The minimum Gasteiger partial charge on any atom is -0.461 e. The lowest BCUT2D eigenvalue weighted by molar-refractivity contribution is -0.144. The summed E-state index contributed by atoms with van der Waals surface area (Å²) in [6.07, 6.45) is 0.198. The summed E-state index contributed by atoms with van der Waals surface area (Å²) in [7, 11) is 0. The SMILES string of the molecule is O=C(CCC(=O)c1ccccc1)NCCC(=O)OCc1c(Cl)cccc1Cl. The molecule has 2 aromatic carbocycles. The summed E-state index contributed by atoms with van der Waals surface area (Å²) >= 11 is 12.0. The number of ketones is 1. The van der Waals surface area contributed by atoms with E-state index in [1.165, 1.54) is 0 Å². The molecule has 0 bridgehead atoms. The van der Waals surface area contributed by atoms with Gasteiger partial charge < -0.3 is 10.1 Å². The normalized spacial score (nSPS) is 10.3. The summed E-state index contributed by atoms with van der Waals surface area (Å²) in [6.45, 7) is 0.101. The Bertz CT molecular complexity index is 789. The molecule has 0 unspecified atom stereocenters. The number of hydrogen-bond acceptors (Lipinski definition) is 4. The number of nitrogens with one attached hydrogen (secondary N) is 1. The minimum atomic E-state index is -0.480. The second-order valence-corrected chi connectivity index (χ2v) is 6.56. The number of hydrogen-bond donors (Lipinski definition) is 1. The van der Waals surface area contributed by atoms with Gasteiger partial charge >= 0.3 is 5.97 Å². The molecule has 0 aliphatic heterocycles. The molecular weight excluding hydrogens is 389 g/mol. The third-order valence-corrected chi connectivity index (χ3v) is 4.47. The van der Waals surface area contributed by atoms with E-state index in [1.807, 2.05) is 6.07 Å². The van der Waals surface area contributed by atoms with Crippen molar-refractivity contribution in [3.8, 4) is 0 Å². The molecule has 0 fully saturated rings. The molecule has 7 heteroatoms. The van der Waals surface area contributed by atoms with E-state index in [1.54, 1.807) is 42.5 Å². The van der Waals surface area contributed by atoms with Crippen molar-refractivity contribution in [1.82, 2.24) is 5.32 Å². The number of ether oxygens (including phenoxy) is 1. The number of rotatable bonds is 9. The molecule has 0 spiro atoms. The molecule has 142 valence electrons. The lowest BCUT2D eigenvalue weighted by atomic mass is 10.1. The summed E-state index contributed by atoms with van der Waals surface area (Å²) in [5.41, 5.74) is 1.12. The van der Waals surface area contributed by atoms with Crippen molar-refractivity contribution in [2.75, 3.05) is 6.54 Å². The van der Waals surface area contributed by atoms with Gasteiger partial charge in [0, 0.05) is 40.6 Å². The number of carbonyl (C=O) groups excluding carboxylic acids is 3. The van der Waals surface area contributed by atoms with Gasteiger partial charge in [-0.05, 0) is 12.1 Å². The Kier molecular flexibility index (Phi) is 8.30. The first-order valence-corrected chi connectivity index (χ1v) is 9.16. The Morgan fingerprint density at radius 3 is 2.19 bits per heavy atom. The van der Waals surface area contributed by atoms with Crippen LogP contribution in [-0.2, 0) is 20.9 Å². The van der Waals surface area contributed by atoms with E-state index in [-0.39, 0.29) is 44.1 Å². The molecule has 0 aliphatic rings. The molecule has 0 atom stereocenters. The highest BCUT2D eigenvalue weighted by atomic mass is 35.5. The number of halogens is 2. The molecule has 0 saturated heterocycles. The molecule has 5 nitrogen and oxygen atoms in total. The van der Waals surface area contributed by atoms with Crippen LogP contribution in [0.5, 0.6) is 0 Å². The zero-order valence-corrected chi connectivity index (χ0v) is 16.1. The molecule has 1 amide bonds. The monoisotopic (exact) mass is 407 g/mol. The van der Waals surface area contributed by atoms with Crippen molar-refractivity contribution in [3.63, 3.8) is 0 Å².